The lowest BCUT2D eigenvalue weighted by molar-refractivity contribution is -0.137. The van der Waals surface area contributed by atoms with Crippen LogP contribution in [0.25, 0.3) is 0 Å². The Bertz CT molecular complexity index is 991. The van der Waals surface area contributed by atoms with Crippen LogP contribution in [-0.2, 0) is 12.6 Å². The molecular weight excluding hydrogens is 405 g/mol. The Morgan fingerprint density at radius 2 is 1.68 bits per heavy atom. The minimum atomic E-state index is -4.61. The zero-order valence-corrected chi connectivity index (χ0v) is 17.5. The number of alkyl halides is 3. The summed E-state index contributed by atoms with van der Waals surface area (Å²) in [6.07, 6.45) is -1.06. The van der Waals surface area contributed by atoms with E-state index in [-0.39, 0.29) is 11.8 Å². The van der Waals surface area contributed by atoms with Gasteiger partial charge in [-0.2, -0.15) is 18.2 Å². The number of aryl methyl sites for hydroxylation is 1. The number of aromatic nitrogens is 2. The molecule has 3 aromatic rings. The Morgan fingerprint density at radius 3 is 2.35 bits per heavy atom. The van der Waals surface area contributed by atoms with Crippen molar-refractivity contribution in [3.63, 3.8) is 0 Å². The van der Waals surface area contributed by atoms with Gasteiger partial charge in [0.1, 0.15) is 17.1 Å². The number of benzene rings is 2. The molecule has 0 spiro atoms. The van der Waals surface area contributed by atoms with Crippen molar-refractivity contribution < 1.29 is 17.9 Å². The SMILES string of the molecule is CCCOc1ccccc1Nc1nc(Nc2ccc(CCC)cc2)ncc1C(F)(F)F. The van der Waals surface area contributed by atoms with E-state index in [0.717, 1.165) is 25.5 Å². The second-order valence-corrected chi connectivity index (χ2v) is 7.00. The minimum absolute atomic E-state index is 0.0608. The number of anilines is 4. The summed E-state index contributed by atoms with van der Waals surface area (Å²) in [5.74, 6) is 0.169. The second-order valence-electron chi connectivity index (χ2n) is 7.00. The lowest BCUT2D eigenvalue weighted by Gasteiger charge is -2.17. The first kappa shape index (κ1) is 22.4. The number of para-hydroxylation sites is 2. The highest BCUT2D eigenvalue weighted by Gasteiger charge is 2.35. The predicted molar refractivity (Wildman–Crippen MR) is 116 cm³/mol. The first-order chi connectivity index (χ1) is 14.9. The van der Waals surface area contributed by atoms with Gasteiger partial charge in [-0.05, 0) is 42.7 Å². The van der Waals surface area contributed by atoms with Crippen molar-refractivity contribution in [2.24, 2.45) is 0 Å². The van der Waals surface area contributed by atoms with E-state index < -0.39 is 11.7 Å². The van der Waals surface area contributed by atoms with Crippen molar-refractivity contribution in [2.45, 2.75) is 39.3 Å². The molecule has 164 valence electrons. The number of halogens is 3. The molecule has 0 saturated carbocycles. The fourth-order valence-corrected chi connectivity index (χ4v) is 2.95. The minimum Gasteiger partial charge on any atom is -0.491 e. The van der Waals surface area contributed by atoms with Gasteiger partial charge in [-0.25, -0.2) is 4.98 Å². The molecule has 0 saturated heterocycles. The van der Waals surface area contributed by atoms with Gasteiger partial charge in [-0.1, -0.05) is 44.5 Å². The molecule has 3 rings (SSSR count). The quantitative estimate of drug-likeness (QED) is 0.394. The van der Waals surface area contributed by atoms with Gasteiger partial charge in [-0.15, -0.1) is 0 Å². The van der Waals surface area contributed by atoms with Crippen LogP contribution in [0.2, 0.25) is 0 Å². The fraction of sp³-hybridized carbons (Fsp3) is 0.304. The third kappa shape index (κ3) is 6.10. The van der Waals surface area contributed by atoms with E-state index >= 15 is 0 Å². The van der Waals surface area contributed by atoms with Crippen molar-refractivity contribution in [3.8, 4) is 5.75 Å². The van der Waals surface area contributed by atoms with E-state index in [0.29, 0.717) is 23.7 Å². The summed E-state index contributed by atoms with van der Waals surface area (Å²) < 4.78 is 46.3. The van der Waals surface area contributed by atoms with Gasteiger partial charge in [0.15, 0.2) is 0 Å². The molecule has 0 radical (unpaired) electrons. The molecule has 0 fully saturated rings. The third-order valence-corrected chi connectivity index (χ3v) is 4.44. The number of ether oxygens (including phenoxy) is 1. The summed E-state index contributed by atoms with van der Waals surface area (Å²) in [5.41, 5.74) is 1.32. The highest BCUT2D eigenvalue weighted by molar-refractivity contribution is 5.67. The van der Waals surface area contributed by atoms with Crippen LogP contribution < -0.4 is 15.4 Å². The molecule has 0 aliphatic rings. The standard InChI is InChI=1S/C23H25F3N4O/c1-3-7-16-10-12-17(13-11-16)28-22-27-15-18(23(24,25)26)21(30-22)29-19-8-5-6-9-20(19)31-14-4-2/h5-6,8-13,15H,3-4,7,14H2,1-2H3,(H2,27,28,29,30). The van der Waals surface area contributed by atoms with E-state index in [9.17, 15) is 13.2 Å². The van der Waals surface area contributed by atoms with E-state index in [1.165, 1.54) is 5.56 Å². The number of nitrogens with zero attached hydrogens (tertiary/aromatic N) is 2. The third-order valence-electron chi connectivity index (χ3n) is 4.44. The van der Waals surface area contributed by atoms with Crippen LogP contribution in [0.15, 0.2) is 54.7 Å². The normalized spacial score (nSPS) is 11.3. The van der Waals surface area contributed by atoms with Gasteiger partial charge in [0.05, 0.1) is 12.3 Å². The van der Waals surface area contributed by atoms with Gasteiger partial charge in [-0.3, -0.25) is 0 Å². The second kappa shape index (κ2) is 10.1. The number of nitrogens with one attached hydrogen (secondary N) is 2. The highest BCUT2D eigenvalue weighted by atomic mass is 19.4. The van der Waals surface area contributed by atoms with Gasteiger partial charge in [0, 0.05) is 11.9 Å². The Balaban J connectivity index is 1.89. The van der Waals surface area contributed by atoms with Crippen LogP contribution in [-0.4, -0.2) is 16.6 Å². The number of rotatable bonds is 9. The number of hydrogen-bond donors (Lipinski definition) is 2. The molecule has 0 unspecified atom stereocenters. The Labute approximate surface area is 179 Å². The molecule has 2 N–H and O–H groups in total. The van der Waals surface area contributed by atoms with Crippen molar-refractivity contribution in [1.82, 2.24) is 9.97 Å². The van der Waals surface area contributed by atoms with Crippen molar-refractivity contribution >= 4 is 23.1 Å². The molecule has 0 bridgehead atoms. The summed E-state index contributed by atoms with van der Waals surface area (Å²) in [7, 11) is 0. The Morgan fingerprint density at radius 1 is 0.935 bits per heavy atom. The first-order valence-corrected chi connectivity index (χ1v) is 10.2. The average Bonchev–Trinajstić information content (AvgIpc) is 2.74. The summed E-state index contributed by atoms with van der Waals surface area (Å²) in [5, 5.41) is 5.74. The monoisotopic (exact) mass is 430 g/mol. The highest BCUT2D eigenvalue weighted by Crippen LogP contribution is 2.37. The van der Waals surface area contributed by atoms with Gasteiger partial charge in [0.2, 0.25) is 5.95 Å². The lowest BCUT2D eigenvalue weighted by atomic mass is 10.1. The Kier molecular flexibility index (Phi) is 7.33. The average molecular weight is 430 g/mol. The first-order valence-electron chi connectivity index (χ1n) is 10.2. The smallest absolute Gasteiger partial charge is 0.421 e. The van der Waals surface area contributed by atoms with E-state index in [1.54, 1.807) is 24.3 Å². The van der Waals surface area contributed by atoms with Crippen LogP contribution >= 0.6 is 0 Å². The molecule has 5 nitrogen and oxygen atoms in total. The molecule has 1 aromatic heterocycles. The topological polar surface area (TPSA) is 59.1 Å². The summed E-state index contributed by atoms with van der Waals surface area (Å²) in [6.45, 7) is 4.51. The molecule has 1 heterocycles. The van der Waals surface area contributed by atoms with Crippen LogP contribution in [0.3, 0.4) is 0 Å². The maximum absolute atomic E-state index is 13.6. The molecule has 0 aliphatic carbocycles. The molecule has 0 amide bonds. The Hall–Kier alpha value is -3.29. The van der Waals surface area contributed by atoms with Gasteiger partial charge < -0.3 is 15.4 Å². The number of hydrogen-bond acceptors (Lipinski definition) is 5. The van der Waals surface area contributed by atoms with E-state index in [2.05, 4.69) is 27.5 Å². The van der Waals surface area contributed by atoms with Crippen molar-refractivity contribution in [2.75, 3.05) is 17.2 Å². The van der Waals surface area contributed by atoms with Gasteiger partial charge >= 0.3 is 6.18 Å². The van der Waals surface area contributed by atoms with Crippen molar-refractivity contribution in [3.05, 3.63) is 65.9 Å². The molecule has 0 atom stereocenters. The fourth-order valence-electron chi connectivity index (χ4n) is 2.95. The lowest BCUT2D eigenvalue weighted by Crippen LogP contribution is -2.13. The maximum Gasteiger partial charge on any atom is 0.421 e. The summed E-state index contributed by atoms with van der Waals surface area (Å²) >= 11 is 0. The van der Waals surface area contributed by atoms with Crippen LogP contribution in [0.4, 0.5) is 36.3 Å². The molecule has 8 heteroatoms. The zero-order chi connectivity index (χ0) is 22.3. The van der Waals surface area contributed by atoms with E-state index in [1.807, 2.05) is 31.2 Å². The van der Waals surface area contributed by atoms with Crippen LogP contribution in [0.5, 0.6) is 5.75 Å². The summed E-state index contributed by atoms with van der Waals surface area (Å²) in [6, 6.07) is 14.5. The molecule has 2 aromatic carbocycles. The predicted octanol–water partition coefficient (Wildman–Crippen LogP) is 6.72. The maximum atomic E-state index is 13.6. The molecule has 0 aliphatic heterocycles. The zero-order valence-electron chi connectivity index (χ0n) is 17.5. The van der Waals surface area contributed by atoms with Crippen molar-refractivity contribution in [1.29, 1.82) is 0 Å². The summed E-state index contributed by atoms with van der Waals surface area (Å²) in [4.78, 5) is 7.96. The molecular formula is C23H25F3N4O. The van der Waals surface area contributed by atoms with Crippen LogP contribution in [0, 0.1) is 0 Å². The largest absolute Gasteiger partial charge is 0.491 e. The van der Waals surface area contributed by atoms with E-state index in [4.69, 9.17) is 4.74 Å². The van der Waals surface area contributed by atoms with Crippen LogP contribution in [0.1, 0.15) is 37.8 Å². The molecule has 31 heavy (non-hydrogen) atoms. The van der Waals surface area contributed by atoms with Gasteiger partial charge in [0.25, 0.3) is 0 Å².